The summed E-state index contributed by atoms with van der Waals surface area (Å²) in [4.78, 5) is 83.6. The minimum Gasteiger partial charge on any atom is -0.480 e. The van der Waals surface area contributed by atoms with Crippen LogP contribution in [0.25, 0.3) is 11.2 Å². The van der Waals surface area contributed by atoms with Gasteiger partial charge >= 0.3 is 17.6 Å². The van der Waals surface area contributed by atoms with Crippen molar-refractivity contribution in [2.24, 2.45) is 0 Å². The highest BCUT2D eigenvalue weighted by Crippen LogP contribution is 2.42. The Bertz CT molecular complexity index is 2260. The first kappa shape index (κ1) is 48.4. The number of amides is 3. The summed E-state index contributed by atoms with van der Waals surface area (Å²) in [5, 5.41) is 35.8. The first-order valence-corrected chi connectivity index (χ1v) is 18.6. The average molecular weight is 895 g/mol. The number of halogens is 3. The lowest BCUT2D eigenvalue weighted by Gasteiger charge is -2.21. The zero-order valence-corrected chi connectivity index (χ0v) is 33.8. The van der Waals surface area contributed by atoms with E-state index in [1.165, 1.54) is 18.3 Å². The summed E-state index contributed by atoms with van der Waals surface area (Å²) in [7, 11) is 1.80. The van der Waals surface area contributed by atoms with Crippen LogP contribution in [0.15, 0.2) is 47.5 Å². The smallest absolute Gasteiger partial charge is 0.351 e. The number of carbonyl (C=O) groups is 4. The molecule has 0 radical (unpaired) electrons. The van der Waals surface area contributed by atoms with E-state index >= 15 is 0 Å². The lowest BCUT2D eigenvalue weighted by Crippen LogP contribution is -2.41. The van der Waals surface area contributed by atoms with Crippen LogP contribution in [-0.4, -0.2) is 139 Å². The van der Waals surface area contributed by atoms with E-state index in [1.807, 2.05) is 4.90 Å². The summed E-state index contributed by atoms with van der Waals surface area (Å²) in [6.07, 6.45) is -4.19. The Kier molecular flexibility index (Phi) is 17.2. The van der Waals surface area contributed by atoms with Crippen molar-refractivity contribution in [1.29, 1.82) is 0 Å². The third kappa shape index (κ3) is 12.6. The molecular weight excluding hydrogens is 850 g/mol. The Morgan fingerprint density at radius 3 is 2.37 bits per heavy atom. The van der Waals surface area contributed by atoms with Crippen LogP contribution in [0.3, 0.4) is 0 Å². The number of nitrogens with zero attached hydrogens (tertiary/aromatic N) is 7. The zero-order chi connectivity index (χ0) is 44.3. The van der Waals surface area contributed by atoms with Crippen LogP contribution in [0.5, 0.6) is 0 Å². The number of nitrogen functional groups attached to an aromatic ring is 2. The van der Waals surface area contributed by atoms with E-state index in [-0.39, 0.29) is 93.4 Å². The summed E-state index contributed by atoms with van der Waals surface area (Å²) in [5.41, 5.74) is 12.4. The molecule has 5 rings (SSSR count). The average Bonchev–Trinajstić information content (AvgIpc) is 3.45. The maximum atomic E-state index is 14.4. The van der Waals surface area contributed by atoms with Gasteiger partial charge < -0.3 is 61.8 Å². The topological polar surface area (TPSA) is 334 Å². The summed E-state index contributed by atoms with van der Waals surface area (Å²) in [6.45, 7) is -0.191. The third-order valence-electron chi connectivity index (χ3n) is 9.06. The number of alkyl halides is 2. The Hall–Kier alpha value is -6.25. The second-order valence-electron chi connectivity index (χ2n) is 13.5. The molecule has 3 amide bonds. The molecule has 336 valence electrons. The molecule has 1 aliphatic rings. The summed E-state index contributed by atoms with van der Waals surface area (Å²) in [5.74, 6) is -7.00. The molecule has 3 aromatic heterocycles. The molecule has 1 fully saturated rings. The fraction of sp³-hybridized carbons (Fsp3) is 0.444. The van der Waals surface area contributed by atoms with E-state index in [4.69, 9.17) is 30.8 Å². The first-order chi connectivity index (χ1) is 29.1. The fourth-order valence-electron chi connectivity index (χ4n) is 5.86. The number of aliphatic hydroxyl groups excluding tert-OH is 2. The molecule has 0 unspecified atom stereocenters. The Morgan fingerprint density at radius 2 is 1.71 bits per heavy atom. The van der Waals surface area contributed by atoms with Gasteiger partial charge in [0.1, 0.15) is 18.0 Å². The van der Waals surface area contributed by atoms with E-state index in [9.17, 15) is 43.0 Å². The van der Waals surface area contributed by atoms with Gasteiger partial charge in [0, 0.05) is 37.5 Å². The van der Waals surface area contributed by atoms with Crippen molar-refractivity contribution in [1.82, 2.24) is 40.1 Å². The number of nitrogens with one attached hydrogen (secondary N) is 3. The van der Waals surface area contributed by atoms with Crippen LogP contribution < -0.4 is 38.0 Å². The number of carboxylic acids is 1. The Morgan fingerprint density at radius 1 is 1.00 bits per heavy atom. The molecule has 1 aliphatic heterocycles. The third-order valence-corrected chi connectivity index (χ3v) is 9.06. The van der Waals surface area contributed by atoms with E-state index < -0.39 is 66.4 Å². The minimum atomic E-state index is -3.88. The number of benzene rings is 1. The van der Waals surface area contributed by atoms with Crippen LogP contribution in [-0.2, 0) is 35.1 Å². The highest BCUT2D eigenvalue weighted by Gasteiger charge is 2.59. The molecular formula is C36H45ClF2N12O11. The number of nitrogens with two attached hydrogens (primary N) is 2. The SMILES string of the molecule is CN(Cc1cnc2nc(N)nc(N)c2n1)c1ccc(C(=O)N[C@H](CCC(=O)NCCOCCOCCC(=O)Nc2ccn([C@@H]3O[C@H](CO)[C@@H](O)C3(F)F)c(=O)n2)C(=O)O)cc1.Cl. The number of aromatic nitrogens is 6. The monoisotopic (exact) mass is 894 g/mol. The summed E-state index contributed by atoms with van der Waals surface area (Å²) in [6, 6.07) is 6.18. The van der Waals surface area contributed by atoms with Gasteiger partial charge in [-0.1, -0.05) is 0 Å². The molecule has 0 saturated carbocycles. The lowest BCUT2D eigenvalue weighted by molar-refractivity contribution is -0.141. The minimum absolute atomic E-state index is 0. The number of carboxylic acid groups (broad SMARTS) is 1. The van der Waals surface area contributed by atoms with Crippen molar-refractivity contribution in [3.05, 3.63) is 64.5 Å². The highest BCUT2D eigenvalue weighted by atomic mass is 35.5. The molecule has 1 saturated heterocycles. The molecule has 0 aliphatic carbocycles. The number of hydrogen-bond acceptors (Lipinski definition) is 18. The van der Waals surface area contributed by atoms with E-state index in [0.717, 1.165) is 18.0 Å². The summed E-state index contributed by atoms with van der Waals surface area (Å²) >= 11 is 0. The molecule has 4 atom stereocenters. The molecule has 4 aromatic rings. The van der Waals surface area contributed by atoms with E-state index in [2.05, 4.69) is 40.9 Å². The van der Waals surface area contributed by atoms with Gasteiger partial charge in [-0.3, -0.25) is 19.0 Å². The number of fused-ring (bicyclic) bond motifs is 1. The van der Waals surface area contributed by atoms with Gasteiger partial charge in [0.25, 0.3) is 5.91 Å². The zero-order valence-electron chi connectivity index (χ0n) is 33.0. The van der Waals surface area contributed by atoms with Crippen molar-refractivity contribution in [2.75, 3.05) is 68.3 Å². The van der Waals surface area contributed by atoms with Gasteiger partial charge in [0.05, 0.1) is 57.9 Å². The number of carbonyl (C=O) groups excluding carboxylic acids is 3. The van der Waals surface area contributed by atoms with Crippen LogP contribution in [0, 0.1) is 0 Å². The van der Waals surface area contributed by atoms with Crippen molar-refractivity contribution < 1.29 is 57.5 Å². The second kappa shape index (κ2) is 22.0. The molecule has 23 nitrogen and oxygen atoms in total. The molecule has 0 spiro atoms. The van der Waals surface area contributed by atoms with Gasteiger partial charge in [-0.2, -0.15) is 23.7 Å². The number of hydrogen-bond donors (Lipinski definition) is 8. The predicted octanol–water partition coefficient (Wildman–Crippen LogP) is -0.774. The lowest BCUT2D eigenvalue weighted by atomic mass is 10.1. The number of aliphatic hydroxyl groups is 2. The Balaban J connectivity index is 0.00000845. The predicted molar refractivity (Wildman–Crippen MR) is 216 cm³/mol. The van der Waals surface area contributed by atoms with Crippen molar-refractivity contribution in [3.63, 3.8) is 0 Å². The normalized spacial score (nSPS) is 17.1. The number of ether oxygens (including phenoxy) is 3. The Labute approximate surface area is 356 Å². The van der Waals surface area contributed by atoms with Gasteiger partial charge in [-0.05, 0) is 36.8 Å². The molecule has 4 heterocycles. The van der Waals surface area contributed by atoms with Crippen LogP contribution in [0.4, 0.5) is 32.1 Å². The standard InChI is InChI=1S/C36H44F2N12O11.ClH/c1-49(17-20-16-42-30-27(43-20)29(39)47-34(40)48-30)21-4-2-19(3-5-21)31(55)44-22(32(56)57)6-7-25(52)41-10-13-60-15-14-59-12-9-26(53)45-24-8-11-50(35(58)46-24)33-36(37,38)28(54)23(18-51)61-33;/h2-5,8,11,16,22-23,28,33,51,54H,6-7,9-10,12-15,17-18H2,1H3,(H,41,52)(H,44,55)(H,56,57)(H,45,46,53,58)(H4,39,40,42,47,48);1H/t22-,23-,28-,33-;/m1./s1. The van der Waals surface area contributed by atoms with Crippen LogP contribution in [0.1, 0.15) is 41.5 Å². The molecule has 26 heteroatoms. The van der Waals surface area contributed by atoms with Crippen LogP contribution >= 0.6 is 12.4 Å². The van der Waals surface area contributed by atoms with Gasteiger partial charge in [0.2, 0.25) is 24.0 Å². The fourth-order valence-corrected chi connectivity index (χ4v) is 5.86. The molecule has 0 bridgehead atoms. The maximum absolute atomic E-state index is 14.4. The number of rotatable bonds is 21. The second-order valence-corrected chi connectivity index (χ2v) is 13.5. The summed E-state index contributed by atoms with van der Waals surface area (Å²) < 4.78 is 44.8. The number of anilines is 4. The number of aliphatic carboxylic acids is 1. The molecule has 10 N–H and O–H groups in total. The first-order valence-electron chi connectivity index (χ1n) is 18.6. The van der Waals surface area contributed by atoms with Crippen molar-refractivity contribution in [3.8, 4) is 0 Å². The van der Waals surface area contributed by atoms with Gasteiger partial charge in [-0.15, -0.1) is 12.4 Å². The molecule has 62 heavy (non-hydrogen) atoms. The quantitative estimate of drug-likeness (QED) is 0.0476. The highest BCUT2D eigenvalue weighted by molar-refractivity contribution is 5.97. The van der Waals surface area contributed by atoms with Gasteiger partial charge in [-0.25, -0.2) is 19.6 Å². The largest absolute Gasteiger partial charge is 0.480 e. The van der Waals surface area contributed by atoms with Crippen LogP contribution in [0.2, 0.25) is 0 Å². The molecule has 1 aromatic carbocycles. The van der Waals surface area contributed by atoms with E-state index in [1.54, 1.807) is 19.2 Å². The van der Waals surface area contributed by atoms with E-state index in [0.29, 0.717) is 22.3 Å². The van der Waals surface area contributed by atoms with Crippen molar-refractivity contribution in [2.45, 2.75) is 56.2 Å². The maximum Gasteiger partial charge on any atom is 0.351 e. The van der Waals surface area contributed by atoms with Crippen molar-refractivity contribution >= 4 is 70.5 Å². The van der Waals surface area contributed by atoms with Gasteiger partial charge in [0.15, 0.2) is 23.1 Å².